The normalized spacial score (nSPS) is 13.2. The first-order valence-electron chi connectivity index (χ1n) is 5.59. The van der Waals surface area contributed by atoms with Crippen LogP contribution in [0.25, 0.3) is 11.4 Å². The minimum absolute atomic E-state index is 0.240. The van der Waals surface area contributed by atoms with Crippen LogP contribution < -0.4 is 0 Å². The van der Waals surface area contributed by atoms with Gasteiger partial charge in [-0.25, -0.2) is 9.48 Å². The highest BCUT2D eigenvalue weighted by Crippen LogP contribution is 2.38. The van der Waals surface area contributed by atoms with E-state index in [4.69, 9.17) is 5.11 Å². The van der Waals surface area contributed by atoms with Gasteiger partial charge in [0.2, 0.25) is 0 Å². The Bertz CT molecular complexity index is 686. The zero-order chi connectivity index (χ0) is 15.8. The number of alkyl halides is 3. The topological polar surface area (TPSA) is 80.9 Å². The summed E-state index contributed by atoms with van der Waals surface area (Å²) >= 11 is 2.97. The van der Waals surface area contributed by atoms with Crippen molar-refractivity contribution in [3.05, 3.63) is 28.2 Å². The van der Waals surface area contributed by atoms with E-state index in [2.05, 4.69) is 31.5 Å². The first-order chi connectivity index (χ1) is 9.71. The first kappa shape index (κ1) is 15.4. The molecule has 0 bridgehead atoms. The molecule has 2 rings (SSSR count). The number of carboxylic acids is 1. The second-order valence-corrected chi connectivity index (χ2v) is 5.06. The van der Waals surface area contributed by atoms with E-state index >= 15 is 0 Å². The van der Waals surface area contributed by atoms with E-state index in [-0.39, 0.29) is 15.9 Å². The van der Waals surface area contributed by atoms with E-state index in [0.717, 1.165) is 10.7 Å². The van der Waals surface area contributed by atoms with E-state index in [1.54, 1.807) is 0 Å². The maximum Gasteiger partial charge on any atom is 0.417 e. The number of aromatic nitrogens is 4. The third-order valence-corrected chi connectivity index (χ3v) is 3.24. The molecule has 1 heterocycles. The Balaban J connectivity index is 2.64. The van der Waals surface area contributed by atoms with Crippen LogP contribution in [-0.4, -0.2) is 31.3 Å². The maximum atomic E-state index is 13.1. The monoisotopic (exact) mass is 364 g/mol. The third-order valence-electron chi connectivity index (χ3n) is 2.74. The molecule has 0 radical (unpaired) electrons. The minimum atomic E-state index is -4.62. The molecule has 10 heteroatoms. The fourth-order valence-electron chi connectivity index (χ4n) is 1.68. The van der Waals surface area contributed by atoms with Crippen molar-refractivity contribution in [2.24, 2.45) is 0 Å². The fraction of sp³-hybridized carbons (Fsp3) is 0.273. The fourth-order valence-corrected chi connectivity index (χ4v) is 2.04. The summed E-state index contributed by atoms with van der Waals surface area (Å²) in [6.07, 6.45) is -4.62. The van der Waals surface area contributed by atoms with Crippen LogP contribution in [0.5, 0.6) is 0 Å². The minimum Gasteiger partial charge on any atom is -0.480 e. The summed E-state index contributed by atoms with van der Waals surface area (Å²) in [6.45, 7) is 1.27. The second kappa shape index (κ2) is 5.43. The molecule has 0 saturated heterocycles. The van der Waals surface area contributed by atoms with Crippen molar-refractivity contribution < 1.29 is 23.1 Å². The van der Waals surface area contributed by atoms with Crippen LogP contribution in [0.4, 0.5) is 13.2 Å². The van der Waals surface area contributed by atoms with Gasteiger partial charge in [-0.1, -0.05) is 15.9 Å². The highest BCUT2D eigenvalue weighted by Gasteiger charge is 2.36. The van der Waals surface area contributed by atoms with Crippen LogP contribution in [-0.2, 0) is 11.0 Å². The lowest BCUT2D eigenvalue weighted by Crippen LogP contribution is -2.19. The van der Waals surface area contributed by atoms with E-state index in [9.17, 15) is 18.0 Å². The van der Waals surface area contributed by atoms with Crippen LogP contribution in [0, 0.1) is 0 Å². The molecule has 0 fully saturated rings. The van der Waals surface area contributed by atoms with Crippen LogP contribution in [0.2, 0.25) is 0 Å². The molecule has 0 aliphatic carbocycles. The van der Waals surface area contributed by atoms with Gasteiger partial charge in [0.25, 0.3) is 0 Å². The Morgan fingerprint density at radius 3 is 2.67 bits per heavy atom. The molecular weight excluding hydrogens is 357 g/mol. The number of halogens is 4. The molecule has 0 aliphatic rings. The van der Waals surface area contributed by atoms with Gasteiger partial charge in [-0.3, -0.25) is 0 Å². The van der Waals surface area contributed by atoms with Crippen molar-refractivity contribution in [3.63, 3.8) is 0 Å². The number of carboxylic acid groups (broad SMARTS) is 1. The molecule has 0 aliphatic heterocycles. The Morgan fingerprint density at radius 1 is 1.43 bits per heavy atom. The molecule has 1 aromatic heterocycles. The molecule has 0 amide bonds. The Hall–Kier alpha value is -1.97. The lowest BCUT2D eigenvalue weighted by atomic mass is 10.1. The van der Waals surface area contributed by atoms with Gasteiger partial charge in [0.05, 0.1) is 5.56 Å². The number of hydrogen-bond donors (Lipinski definition) is 1. The largest absolute Gasteiger partial charge is 0.480 e. The van der Waals surface area contributed by atoms with Crippen LogP contribution in [0.3, 0.4) is 0 Å². The zero-order valence-electron chi connectivity index (χ0n) is 10.5. The van der Waals surface area contributed by atoms with Crippen molar-refractivity contribution in [1.82, 2.24) is 20.2 Å². The summed E-state index contributed by atoms with van der Waals surface area (Å²) in [4.78, 5) is 11.0. The van der Waals surface area contributed by atoms with Crippen LogP contribution in [0.15, 0.2) is 22.7 Å². The van der Waals surface area contributed by atoms with Gasteiger partial charge < -0.3 is 5.11 Å². The summed E-state index contributed by atoms with van der Waals surface area (Å²) < 4.78 is 40.4. The van der Waals surface area contributed by atoms with Gasteiger partial charge in [0.1, 0.15) is 0 Å². The van der Waals surface area contributed by atoms with Crippen molar-refractivity contribution in [1.29, 1.82) is 0 Å². The standard InChI is InChI=1S/C11H8BrF3N4O2/c1-5(10(20)21)19-9(16-17-18-19)7-3-2-6(12)4-8(7)11(13,14)15/h2-5H,1H3,(H,20,21). The number of carbonyl (C=O) groups is 1. The third kappa shape index (κ3) is 3.04. The molecule has 0 spiro atoms. The lowest BCUT2D eigenvalue weighted by molar-refractivity contribution is -0.140. The van der Waals surface area contributed by atoms with Crippen LogP contribution in [0.1, 0.15) is 18.5 Å². The molecule has 112 valence electrons. The number of nitrogens with zero attached hydrogens (tertiary/aromatic N) is 4. The van der Waals surface area contributed by atoms with Crippen molar-refractivity contribution in [3.8, 4) is 11.4 Å². The van der Waals surface area contributed by atoms with Gasteiger partial charge in [0, 0.05) is 10.0 Å². The molecule has 1 N–H and O–H groups in total. The first-order valence-corrected chi connectivity index (χ1v) is 6.39. The van der Waals surface area contributed by atoms with E-state index in [1.807, 2.05) is 0 Å². The van der Waals surface area contributed by atoms with Gasteiger partial charge in [0.15, 0.2) is 11.9 Å². The number of rotatable bonds is 3. The highest BCUT2D eigenvalue weighted by molar-refractivity contribution is 9.10. The molecule has 2 aromatic rings. The zero-order valence-corrected chi connectivity index (χ0v) is 12.1. The molecular formula is C11H8BrF3N4O2. The van der Waals surface area contributed by atoms with Crippen LogP contribution >= 0.6 is 15.9 Å². The molecule has 21 heavy (non-hydrogen) atoms. The smallest absolute Gasteiger partial charge is 0.417 e. The molecule has 1 atom stereocenters. The average Bonchev–Trinajstić information content (AvgIpc) is 2.85. The van der Waals surface area contributed by atoms with E-state index in [1.165, 1.54) is 19.1 Å². The number of tetrazole rings is 1. The molecule has 0 saturated carbocycles. The average molecular weight is 365 g/mol. The predicted molar refractivity (Wildman–Crippen MR) is 68.3 cm³/mol. The van der Waals surface area contributed by atoms with Gasteiger partial charge in [-0.2, -0.15) is 13.2 Å². The second-order valence-electron chi connectivity index (χ2n) is 4.15. The van der Waals surface area contributed by atoms with Crippen molar-refractivity contribution >= 4 is 21.9 Å². The van der Waals surface area contributed by atoms with Gasteiger partial charge in [-0.05, 0) is 35.5 Å². The number of aliphatic carboxylic acids is 1. The quantitative estimate of drug-likeness (QED) is 0.905. The lowest BCUT2D eigenvalue weighted by Gasteiger charge is -2.14. The van der Waals surface area contributed by atoms with Gasteiger partial charge >= 0.3 is 12.1 Å². The maximum absolute atomic E-state index is 13.1. The van der Waals surface area contributed by atoms with Crippen molar-refractivity contribution in [2.45, 2.75) is 19.1 Å². The Labute approximate surface area is 124 Å². The van der Waals surface area contributed by atoms with E-state index < -0.39 is 23.8 Å². The highest BCUT2D eigenvalue weighted by atomic mass is 79.9. The Kier molecular flexibility index (Phi) is 3.99. The molecule has 6 nitrogen and oxygen atoms in total. The van der Waals surface area contributed by atoms with Gasteiger partial charge in [-0.15, -0.1) is 5.10 Å². The Morgan fingerprint density at radius 2 is 2.10 bits per heavy atom. The number of benzene rings is 1. The SMILES string of the molecule is CC(C(=O)O)n1nnnc1-c1ccc(Br)cc1C(F)(F)F. The predicted octanol–water partition coefficient (Wildman–Crippen LogP) is 2.77. The summed E-state index contributed by atoms with van der Waals surface area (Å²) in [5, 5.41) is 19.2. The summed E-state index contributed by atoms with van der Waals surface area (Å²) in [5.41, 5.74) is -1.24. The summed E-state index contributed by atoms with van der Waals surface area (Å²) in [5.74, 6) is -1.51. The molecule has 1 unspecified atom stereocenters. The van der Waals surface area contributed by atoms with Crippen molar-refractivity contribution in [2.75, 3.05) is 0 Å². The van der Waals surface area contributed by atoms with E-state index in [0.29, 0.717) is 0 Å². The number of hydrogen-bond acceptors (Lipinski definition) is 4. The summed E-state index contributed by atoms with van der Waals surface area (Å²) in [7, 11) is 0. The summed E-state index contributed by atoms with van der Waals surface area (Å²) in [6, 6.07) is 2.28. The molecule has 1 aromatic carbocycles.